The van der Waals surface area contributed by atoms with Crippen molar-refractivity contribution in [3.8, 4) is 0 Å². The minimum absolute atomic E-state index is 0.804. The van der Waals surface area contributed by atoms with Gasteiger partial charge >= 0.3 is 0 Å². The maximum atomic E-state index is 4.31. The molecule has 62 valence electrons. The zero-order chi connectivity index (χ0) is 8.97. The van der Waals surface area contributed by atoms with Gasteiger partial charge in [0.05, 0.1) is 12.3 Å². The summed E-state index contributed by atoms with van der Waals surface area (Å²) >= 11 is 0. The Morgan fingerprint density at radius 1 is 1.42 bits per heavy atom. The third-order valence-electron chi connectivity index (χ3n) is 1.81. The molecule has 1 nitrogen and oxygen atoms in total. The number of allylic oxidation sites excluding steroid dienone is 5. The van der Waals surface area contributed by atoms with Crippen LogP contribution in [0.5, 0.6) is 0 Å². The van der Waals surface area contributed by atoms with Gasteiger partial charge in [0.1, 0.15) is 0 Å². The molecule has 0 aromatic carbocycles. The van der Waals surface area contributed by atoms with Crippen LogP contribution in [0.1, 0.15) is 6.92 Å². The highest BCUT2D eigenvalue weighted by atomic mass is 14.8. The molecule has 1 aliphatic heterocycles. The van der Waals surface area contributed by atoms with Crippen LogP contribution in [-0.2, 0) is 0 Å². The lowest BCUT2D eigenvalue weighted by molar-refractivity contribution is 1.17. The lowest BCUT2D eigenvalue weighted by Crippen LogP contribution is -1.91. The Morgan fingerprint density at radius 2 is 2.17 bits per heavy atom. The first-order valence-corrected chi connectivity index (χ1v) is 3.95. The molecule has 0 aromatic rings. The van der Waals surface area contributed by atoms with Crippen LogP contribution in [0.2, 0.25) is 0 Å². The van der Waals surface area contributed by atoms with Crippen LogP contribution in [0.3, 0.4) is 0 Å². The van der Waals surface area contributed by atoms with Crippen LogP contribution in [0.15, 0.2) is 53.6 Å². The van der Waals surface area contributed by atoms with Gasteiger partial charge in [-0.15, -0.1) is 0 Å². The van der Waals surface area contributed by atoms with Crippen molar-refractivity contribution in [1.82, 2.24) is 0 Å². The Kier molecular flexibility index (Phi) is 2.81. The Hall–Kier alpha value is -1.37. The summed E-state index contributed by atoms with van der Waals surface area (Å²) in [6.07, 6.45) is 7.50. The molecular weight excluding hydrogens is 146 g/mol. The van der Waals surface area contributed by atoms with E-state index in [1.54, 1.807) is 12.2 Å². The van der Waals surface area contributed by atoms with Gasteiger partial charge in [0.25, 0.3) is 0 Å². The van der Waals surface area contributed by atoms with E-state index in [9.17, 15) is 0 Å². The minimum atomic E-state index is 0.804. The number of aliphatic imine (C=N–C) groups is 1. The van der Waals surface area contributed by atoms with Crippen molar-refractivity contribution in [1.29, 1.82) is 0 Å². The van der Waals surface area contributed by atoms with Gasteiger partial charge in [-0.2, -0.15) is 0 Å². The highest BCUT2D eigenvalue weighted by Gasteiger charge is 2.09. The molecule has 0 atom stereocenters. The van der Waals surface area contributed by atoms with Crippen molar-refractivity contribution in [2.24, 2.45) is 4.99 Å². The van der Waals surface area contributed by atoms with Crippen molar-refractivity contribution in [2.75, 3.05) is 6.54 Å². The van der Waals surface area contributed by atoms with Gasteiger partial charge in [0, 0.05) is 5.57 Å². The Morgan fingerprint density at radius 3 is 2.75 bits per heavy atom. The van der Waals surface area contributed by atoms with Crippen LogP contribution in [-0.4, -0.2) is 12.3 Å². The Labute approximate surface area is 73.5 Å². The fourth-order valence-electron chi connectivity index (χ4n) is 1.16. The molecule has 0 aliphatic carbocycles. The first-order valence-electron chi connectivity index (χ1n) is 3.95. The molecule has 1 heteroatoms. The molecule has 1 aliphatic rings. The summed E-state index contributed by atoms with van der Waals surface area (Å²) in [6.45, 7) is 10.2. The molecule has 0 fully saturated rings. The zero-order valence-corrected chi connectivity index (χ0v) is 7.38. The predicted molar refractivity (Wildman–Crippen MR) is 54.5 cm³/mol. The van der Waals surface area contributed by atoms with E-state index in [0.717, 1.165) is 12.3 Å². The van der Waals surface area contributed by atoms with Crippen LogP contribution >= 0.6 is 0 Å². The number of hydrogen-bond acceptors (Lipinski definition) is 1. The average Bonchev–Trinajstić information content (AvgIpc) is 2.43. The van der Waals surface area contributed by atoms with Gasteiger partial charge in [-0.25, -0.2) is 0 Å². The SMILES string of the molecule is C=C/C=C\C1=C(C)CN=C1C=C. The van der Waals surface area contributed by atoms with Crippen molar-refractivity contribution in [3.05, 3.63) is 48.6 Å². The molecule has 1 heterocycles. The fraction of sp³-hybridized carbons (Fsp3) is 0.182. The summed E-state index contributed by atoms with van der Waals surface area (Å²) in [5, 5.41) is 0. The molecular formula is C11H13N. The van der Waals surface area contributed by atoms with E-state index in [2.05, 4.69) is 25.1 Å². The second-order valence-electron chi connectivity index (χ2n) is 2.69. The third kappa shape index (κ3) is 1.62. The number of nitrogens with zero attached hydrogens (tertiary/aromatic N) is 1. The first-order chi connectivity index (χ1) is 5.79. The maximum Gasteiger partial charge on any atom is 0.0644 e. The number of rotatable bonds is 3. The van der Waals surface area contributed by atoms with E-state index in [4.69, 9.17) is 0 Å². The Balaban J connectivity index is 2.91. The molecule has 0 N–H and O–H groups in total. The van der Waals surface area contributed by atoms with Gasteiger partial charge in [-0.1, -0.05) is 31.4 Å². The highest BCUT2D eigenvalue weighted by Crippen LogP contribution is 2.16. The number of hydrogen-bond donors (Lipinski definition) is 0. The van der Waals surface area contributed by atoms with Gasteiger partial charge in [-0.3, -0.25) is 4.99 Å². The van der Waals surface area contributed by atoms with Crippen LogP contribution in [0.25, 0.3) is 0 Å². The fourth-order valence-corrected chi connectivity index (χ4v) is 1.16. The van der Waals surface area contributed by atoms with Gasteiger partial charge in [-0.05, 0) is 18.6 Å². The van der Waals surface area contributed by atoms with E-state index in [-0.39, 0.29) is 0 Å². The minimum Gasteiger partial charge on any atom is -0.280 e. The van der Waals surface area contributed by atoms with Gasteiger partial charge in [0.15, 0.2) is 0 Å². The summed E-state index contributed by atoms with van der Waals surface area (Å²) in [6, 6.07) is 0. The maximum absolute atomic E-state index is 4.31. The molecule has 0 aromatic heterocycles. The van der Waals surface area contributed by atoms with Crippen LogP contribution in [0.4, 0.5) is 0 Å². The molecule has 0 amide bonds. The van der Waals surface area contributed by atoms with Crippen molar-refractivity contribution < 1.29 is 0 Å². The van der Waals surface area contributed by atoms with E-state index in [0.29, 0.717) is 0 Å². The van der Waals surface area contributed by atoms with Crippen LogP contribution < -0.4 is 0 Å². The zero-order valence-electron chi connectivity index (χ0n) is 7.38. The normalized spacial score (nSPS) is 16.9. The Bertz CT molecular complexity index is 290. The van der Waals surface area contributed by atoms with E-state index in [1.165, 1.54) is 11.1 Å². The third-order valence-corrected chi connectivity index (χ3v) is 1.81. The molecule has 0 saturated carbocycles. The smallest absolute Gasteiger partial charge is 0.0644 e. The van der Waals surface area contributed by atoms with Crippen LogP contribution in [0, 0.1) is 0 Å². The molecule has 0 saturated heterocycles. The second-order valence-corrected chi connectivity index (χ2v) is 2.69. The summed E-state index contributed by atoms with van der Waals surface area (Å²) < 4.78 is 0. The molecule has 12 heavy (non-hydrogen) atoms. The highest BCUT2D eigenvalue weighted by molar-refractivity contribution is 6.12. The molecule has 0 radical (unpaired) electrons. The standard InChI is InChI=1S/C11H13N/c1-4-6-7-10-9(3)8-12-11(10)5-2/h4-7H,1-2,8H2,3H3/b7-6-. The lowest BCUT2D eigenvalue weighted by Gasteiger charge is -1.95. The van der Waals surface area contributed by atoms with Gasteiger partial charge in [0.2, 0.25) is 0 Å². The lowest BCUT2D eigenvalue weighted by atomic mass is 10.1. The quantitative estimate of drug-likeness (QED) is 0.561. The van der Waals surface area contributed by atoms with Crippen molar-refractivity contribution >= 4 is 5.71 Å². The topological polar surface area (TPSA) is 12.4 Å². The summed E-state index contributed by atoms with van der Waals surface area (Å²) in [5.74, 6) is 0. The van der Waals surface area contributed by atoms with Crippen molar-refractivity contribution in [2.45, 2.75) is 6.92 Å². The molecule has 1 rings (SSSR count). The predicted octanol–water partition coefficient (Wildman–Crippen LogP) is 2.69. The molecule has 0 bridgehead atoms. The van der Waals surface area contributed by atoms with E-state index in [1.807, 2.05) is 12.2 Å². The summed E-state index contributed by atoms with van der Waals surface area (Å²) in [5.41, 5.74) is 3.47. The average molecular weight is 159 g/mol. The molecule has 0 spiro atoms. The summed E-state index contributed by atoms with van der Waals surface area (Å²) in [7, 11) is 0. The van der Waals surface area contributed by atoms with E-state index < -0.39 is 0 Å². The van der Waals surface area contributed by atoms with E-state index >= 15 is 0 Å². The van der Waals surface area contributed by atoms with Crippen molar-refractivity contribution in [3.63, 3.8) is 0 Å². The molecule has 0 unspecified atom stereocenters. The summed E-state index contributed by atoms with van der Waals surface area (Å²) in [4.78, 5) is 4.31. The monoisotopic (exact) mass is 159 g/mol. The van der Waals surface area contributed by atoms with Gasteiger partial charge < -0.3 is 0 Å². The first kappa shape index (κ1) is 8.72. The largest absolute Gasteiger partial charge is 0.280 e. The second kappa shape index (κ2) is 3.86.